The van der Waals surface area contributed by atoms with E-state index in [0.29, 0.717) is 39.7 Å². The zero-order valence-corrected chi connectivity index (χ0v) is 18.8. The molecule has 0 aliphatic rings. The van der Waals surface area contributed by atoms with Gasteiger partial charge in [0, 0.05) is 24.0 Å². The maximum absolute atomic E-state index is 12.3. The number of nitrogens with zero attached hydrogens (tertiary/aromatic N) is 5. The molecule has 0 unspecified atom stereocenters. The number of amides is 1. The minimum atomic E-state index is -0.204. The van der Waals surface area contributed by atoms with Gasteiger partial charge in [-0.15, -0.1) is 5.10 Å². The number of rotatable bonds is 8. The number of nitrogens with one attached hydrogen (secondary N) is 1. The maximum Gasteiger partial charge on any atom is 0.246 e. The van der Waals surface area contributed by atoms with E-state index in [4.69, 9.17) is 14.2 Å². The molecule has 10 heteroatoms. The number of hydrogen-bond donors (Lipinski definition) is 1. The number of fused-ring (bicyclic) bond motifs is 1. The lowest BCUT2D eigenvalue weighted by Gasteiger charge is -2.12. The summed E-state index contributed by atoms with van der Waals surface area (Å²) in [5.74, 6) is 2.10. The number of carbonyl (C=O) groups excluding carboxylic acids is 1. The van der Waals surface area contributed by atoms with E-state index in [1.807, 2.05) is 13.8 Å². The van der Waals surface area contributed by atoms with Crippen LogP contribution in [-0.4, -0.2) is 45.1 Å². The second-order valence-electron chi connectivity index (χ2n) is 7.57. The summed E-state index contributed by atoms with van der Waals surface area (Å²) >= 11 is 0. The number of benzene rings is 2. The third-order valence-electron chi connectivity index (χ3n) is 4.90. The first-order chi connectivity index (χ1) is 16.0. The monoisotopic (exact) mass is 448 g/mol. The summed E-state index contributed by atoms with van der Waals surface area (Å²) in [5, 5.41) is 11.5. The second-order valence-corrected chi connectivity index (χ2v) is 7.57. The fourth-order valence-electron chi connectivity index (χ4n) is 3.18. The molecule has 1 N–H and O–H groups in total. The summed E-state index contributed by atoms with van der Waals surface area (Å²) in [6, 6.07) is 10.5. The van der Waals surface area contributed by atoms with Crippen molar-refractivity contribution >= 4 is 22.5 Å². The average Bonchev–Trinajstić information content (AvgIpc) is 3.28. The van der Waals surface area contributed by atoms with Gasteiger partial charge in [0.05, 0.1) is 25.4 Å². The molecule has 2 heterocycles. The highest BCUT2D eigenvalue weighted by atomic mass is 16.5. The van der Waals surface area contributed by atoms with Crippen molar-refractivity contribution in [2.24, 2.45) is 0 Å². The predicted molar refractivity (Wildman–Crippen MR) is 122 cm³/mol. The molecule has 0 bridgehead atoms. The second kappa shape index (κ2) is 9.51. The van der Waals surface area contributed by atoms with Crippen LogP contribution in [0.4, 0.5) is 5.69 Å². The first kappa shape index (κ1) is 22.0. The molecule has 10 nitrogen and oxygen atoms in total. The van der Waals surface area contributed by atoms with Crippen molar-refractivity contribution in [1.82, 2.24) is 25.0 Å². The van der Waals surface area contributed by atoms with Crippen molar-refractivity contribution in [1.29, 1.82) is 0 Å². The fraction of sp³-hybridized carbons (Fsp3) is 0.261. The Morgan fingerprint density at radius 1 is 1.06 bits per heavy atom. The summed E-state index contributed by atoms with van der Waals surface area (Å²) < 4.78 is 18.3. The molecule has 2 aromatic carbocycles. The van der Waals surface area contributed by atoms with Crippen molar-refractivity contribution in [2.75, 3.05) is 19.5 Å². The highest BCUT2D eigenvalue weighted by Gasteiger charge is 2.14. The zero-order chi connectivity index (χ0) is 23.4. The van der Waals surface area contributed by atoms with Gasteiger partial charge in [0.1, 0.15) is 35.5 Å². The number of aromatic nitrogens is 5. The Bertz CT molecular complexity index is 1270. The van der Waals surface area contributed by atoms with Gasteiger partial charge in [0.2, 0.25) is 11.8 Å². The zero-order valence-electron chi connectivity index (χ0n) is 18.8. The highest BCUT2D eigenvalue weighted by molar-refractivity contribution is 5.91. The summed E-state index contributed by atoms with van der Waals surface area (Å²) in [6.45, 7) is 4.12. The van der Waals surface area contributed by atoms with Crippen LogP contribution >= 0.6 is 0 Å². The van der Waals surface area contributed by atoms with Gasteiger partial charge in [-0.3, -0.25) is 4.79 Å². The number of hydrogen-bond acceptors (Lipinski definition) is 8. The Hall–Kier alpha value is -4.21. The van der Waals surface area contributed by atoms with E-state index in [9.17, 15) is 4.79 Å². The van der Waals surface area contributed by atoms with Crippen LogP contribution in [0.25, 0.3) is 10.9 Å². The van der Waals surface area contributed by atoms with Gasteiger partial charge in [-0.2, -0.15) is 0 Å². The highest BCUT2D eigenvalue weighted by Crippen LogP contribution is 2.37. The van der Waals surface area contributed by atoms with E-state index in [1.165, 1.54) is 11.0 Å². The molecule has 0 spiro atoms. The van der Waals surface area contributed by atoms with Crippen LogP contribution in [0.15, 0.2) is 48.9 Å². The van der Waals surface area contributed by atoms with Crippen LogP contribution < -0.4 is 19.5 Å². The molecule has 0 saturated carbocycles. The Balaban J connectivity index is 1.46. The predicted octanol–water partition coefficient (Wildman–Crippen LogP) is 3.79. The average molecular weight is 448 g/mol. The molecule has 0 saturated heterocycles. The molecule has 4 rings (SSSR count). The van der Waals surface area contributed by atoms with E-state index in [-0.39, 0.29) is 18.4 Å². The largest absolute Gasteiger partial charge is 0.497 e. The topological polar surface area (TPSA) is 113 Å². The molecular formula is C23H24N6O4. The Morgan fingerprint density at radius 3 is 2.52 bits per heavy atom. The van der Waals surface area contributed by atoms with Gasteiger partial charge in [0.25, 0.3) is 0 Å². The number of carbonyl (C=O) groups is 1. The number of ether oxygens (including phenoxy) is 3. The molecule has 170 valence electrons. The number of methoxy groups -OCH3 is 2. The lowest BCUT2D eigenvalue weighted by Crippen LogP contribution is -2.19. The Labute approximate surface area is 190 Å². The van der Waals surface area contributed by atoms with Crippen LogP contribution in [0.2, 0.25) is 0 Å². The van der Waals surface area contributed by atoms with Crippen LogP contribution in [0.5, 0.6) is 23.1 Å². The molecule has 0 aliphatic heterocycles. The molecule has 2 aromatic heterocycles. The smallest absolute Gasteiger partial charge is 0.246 e. The van der Waals surface area contributed by atoms with Crippen LogP contribution in [-0.2, 0) is 11.3 Å². The Kier molecular flexibility index (Phi) is 6.34. The third-order valence-corrected chi connectivity index (χ3v) is 4.90. The van der Waals surface area contributed by atoms with E-state index < -0.39 is 0 Å². The van der Waals surface area contributed by atoms with Crippen LogP contribution in [0, 0.1) is 0 Å². The molecule has 0 atom stereocenters. The van der Waals surface area contributed by atoms with E-state index >= 15 is 0 Å². The van der Waals surface area contributed by atoms with Crippen LogP contribution in [0.1, 0.15) is 25.5 Å². The van der Waals surface area contributed by atoms with Crippen molar-refractivity contribution in [2.45, 2.75) is 26.3 Å². The lowest BCUT2D eigenvalue weighted by molar-refractivity contribution is -0.116. The normalized spacial score (nSPS) is 10.9. The van der Waals surface area contributed by atoms with E-state index in [2.05, 4.69) is 25.6 Å². The minimum Gasteiger partial charge on any atom is -0.497 e. The molecule has 0 aliphatic carbocycles. The van der Waals surface area contributed by atoms with Gasteiger partial charge < -0.3 is 19.5 Å². The lowest BCUT2D eigenvalue weighted by atomic mass is 10.2. The van der Waals surface area contributed by atoms with Gasteiger partial charge in [-0.05, 0) is 30.2 Å². The standard InChI is InChI=1S/C23H24N6O4/c1-14(2)19-11-29(28-27-19)12-21(30)26-15-5-7-16(8-6-15)33-23-22-18(24-13-25-23)9-17(31-3)10-20(22)32-4/h5-11,13-14H,12H2,1-4H3,(H,26,30). The van der Waals surface area contributed by atoms with Crippen molar-refractivity contribution in [3.8, 4) is 23.1 Å². The Morgan fingerprint density at radius 2 is 1.85 bits per heavy atom. The van der Waals surface area contributed by atoms with E-state index in [0.717, 1.165) is 5.69 Å². The minimum absolute atomic E-state index is 0.0775. The molecule has 1 amide bonds. The molecule has 0 radical (unpaired) electrons. The van der Waals surface area contributed by atoms with Gasteiger partial charge in [-0.25, -0.2) is 14.6 Å². The van der Waals surface area contributed by atoms with Crippen molar-refractivity contribution in [3.05, 3.63) is 54.6 Å². The third kappa shape index (κ3) is 5.00. The molecule has 0 fully saturated rings. The molecule has 33 heavy (non-hydrogen) atoms. The van der Waals surface area contributed by atoms with Gasteiger partial charge in [-0.1, -0.05) is 19.1 Å². The number of anilines is 1. The van der Waals surface area contributed by atoms with Gasteiger partial charge >= 0.3 is 0 Å². The first-order valence-electron chi connectivity index (χ1n) is 10.3. The summed E-state index contributed by atoms with van der Waals surface area (Å²) in [7, 11) is 3.14. The molecular weight excluding hydrogens is 424 g/mol. The quantitative estimate of drug-likeness (QED) is 0.433. The van der Waals surface area contributed by atoms with E-state index in [1.54, 1.807) is 56.8 Å². The summed E-state index contributed by atoms with van der Waals surface area (Å²) in [4.78, 5) is 20.9. The summed E-state index contributed by atoms with van der Waals surface area (Å²) in [5.41, 5.74) is 2.11. The first-order valence-corrected chi connectivity index (χ1v) is 10.3. The van der Waals surface area contributed by atoms with Gasteiger partial charge in [0.15, 0.2) is 0 Å². The molecule has 4 aromatic rings. The summed E-state index contributed by atoms with van der Waals surface area (Å²) in [6.07, 6.45) is 3.19. The van der Waals surface area contributed by atoms with Crippen LogP contribution in [0.3, 0.4) is 0 Å². The van der Waals surface area contributed by atoms with Crippen molar-refractivity contribution in [3.63, 3.8) is 0 Å². The maximum atomic E-state index is 12.3. The fourth-order valence-corrected chi connectivity index (χ4v) is 3.18. The van der Waals surface area contributed by atoms with Crippen molar-refractivity contribution < 1.29 is 19.0 Å². The SMILES string of the molecule is COc1cc(OC)c2c(Oc3ccc(NC(=O)Cn4cc(C(C)C)nn4)cc3)ncnc2c1.